The highest BCUT2D eigenvalue weighted by Crippen LogP contribution is 2.27. The highest BCUT2D eigenvalue weighted by Gasteiger charge is 2.13. The first-order chi connectivity index (χ1) is 12.7. The van der Waals surface area contributed by atoms with Gasteiger partial charge in [-0.05, 0) is 30.3 Å². The minimum Gasteiger partial charge on any atom is -0.481 e. The SMILES string of the molecule is COc1ccnc(NNC(=O)c2ccccc2Oc2cccc(Br)c2)n1. The fourth-order valence-corrected chi connectivity index (χ4v) is 2.47. The molecule has 3 aromatic rings. The number of anilines is 1. The maximum Gasteiger partial charge on any atom is 0.273 e. The molecule has 0 bridgehead atoms. The smallest absolute Gasteiger partial charge is 0.273 e. The summed E-state index contributed by atoms with van der Waals surface area (Å²) in [5.41, 5.74) is 5.56. The summed E-state index contributed by atoms with van der Waals surface area (Å²) >= 11 is 3.39. The van der Waals surface area contributed by atoms with Gasteiger partial charge in [0.15, 0.2) is 0 Å². The van der Waals surface area contributed by atoms with Gasteiger partial charge in [-0.15, -0.1) is 0 Å². The number of carbonyl (C=O) groups excluding carboxylic acids is 1. The molecule has 0 radical (unpaired) electrons. The van der Waals surface area contributed by atoms with E-state index in [-0.39, 0.29) is 11.9 Å². The van der Waals surface area contributed by atoms with Crippen molar-refractivity contribution in [2.75, 3.05) is 12.5 Å². The van der Waals surface area contributed by atoms with E-state index in [9.17, 15) is 4.79 Å². The second kappa shape index (κ2) is 8.30. The number of nitrogens with zero attached hydrogens (tertiary/aromatic N) is 2. The molecule has 1 aromatic heterocycles. The molecule has 0 spiro atoms. The van der Waals surface area contributed by atoms with E-state index in [0.29, 0.717) is 22.9 Å². The number of aromatic nitrogens is 2. The topological polar surface area (TPSA) is 85.4 Å². The number of benzene rings is 2. The van der Waals surface area contributed by atoms with Crippen molar-refractivity contribution in [3.63, 3.8) is 0 Å². The Morgan fingerprint density at radius 1 is 1.12 bits per heavy atom. The Morgan fingerprint density at radius 3 is 2.77 bits per heavy atom. The molecule has 0 aliphatic rings. The van der Waals surface area contributed by atoms with Crippen LogP contribution in [0.15, 0.2) is 65.3 Å². The number of carbonyl (C=O) groups is 1. The number of hydrogen-bond donors (Lipinski definition) is 2. The van der Waals surface area contributed by atoms with Crippen LogP contribution < -0.4 is 20.3 Å². The van der Waals surface area contributed by atoms with E-state index < -0.39 is 0 Å². The molecule has 2 aromatic carbocycles. The molecule has 1 amide bonds. The van der Waals surface area contributed by atoms with Gasteiger partial charge in [0, 0.05) is 16.7 Å². The van der Waals surface area contributed by atoms with E-state index in [4.69, 9.17) is 9.47 Å². The van der Waals surface area contributed by atoms with Crippen LogP contribution in [0.2, 0.25) is 0 Å². The average molecular weight is 415 g/mol. The van der Waals surface area contributed by atoms with Crippen molar-refractivity contribution in [1.82, 2.24) is 15.4 Å². The molecule has 8 heteroatoms. The second-order valence-electron chi connectivity index (χ2n) is 5.06. The van der Waals surface area contributed by atoms with Gasteiger partial charge in [-0.25, -0.2) is 4.98 Å². The van der Waals surface area contributed by atoms with Crippen LogP contribution in [0, 0.1) is 0 Å². The molecular formula is C18H15BrN4O3. The summed E-state index contributed by atoms with van der Waals surface area (Å²) in [6.07, 6.45) is 1.52. The highest BCUT2D eigenvalue weighted by atomic mass is 79.9. The van der Waals surface area contributed by atoms with Crippen molar-refractivity contribution < 1.29 is 14.3 Å². The predicted octanol–water partition coefficient (Wildman–Crippen LogP) is 3.80. The molecule has 0 aliphatic heterocycles. The maximum atomic E-state index is 12.5. The van der Waals surface area contributed by atoms with Gasteiger partial charge in [0.1, 0.15) is 11.5 Å². The van der Waals surface area contributed by atoms with Crippen LogP contribution in [-0.2, 0) is 0 Å². The van der Waals surface area contributed by atoms with E-state index in [0.717, 1.165) is 4.47 Å². The number of rotatable bonds is 6. The summed E-state index contributed by atoms with van der Waals surface area (Å²) in [6, 6.07) is 15.9. The lowest BCUT2D eigenvalue weighted by molar-refractivity contribution is 0.0960. The average Bonchev–Trinajstić information content (AvgIpc) is 2.67. The summed E-state index contributed by atoms with van der Waals surface area (Å²) in [6.45, 7) is 0. The van der Waals surface area contributed by atoms with Gasteiger partial charge in [-0.1, -0.05) is 34.1 Å². The quantitative estimate of drug-likeness (QED) is 0.596. The van der Waals surface area contributed by atoms with E-state index >= 15 is 0 Å². The van der Waals surface area contributed by atoms with E-state index in [1.165, 1.54) is 13.3 Å². The van der Waals surface area contributed by atoms with Gasteiger partial charge in [0.25, 0.3) is 5.91 Å². The van der Waals surface area contributed by atoms with Crippen LogP contribution in [-0.4, -0.2) is 23.0 Å². The standard InChI is InChI=1S/C18H15BrN4O3/c1-25-16-9-10-20-18(21-16)23-22-17(24)14-7-2-3-8-15(14)26-13-6-4-5-12(19)11-13/h2-11H,1H3,(H,22,24)(H,20,21,23). The number of nitrogens with one attached hydrogen (secondary N) is 2. The maximum absolute atomic E-state index is 12.5. The summed E-state index contributed by atoms with van der Waals surface area (Å²) in [5.74, 6) is 1.25. The van der Waals surface area contributed by atoms with Crippen LogP contribution in [0.3, 0.4) is 0 Å². The number of halogens is 1. The third-order valence-corrected chi connectivity index (χ3v) is 3.78. The minimum absolute atomic E-state index is 0.211. The number of para-hydroxylation sites is 1. The Morgan fingerprint density at radius 2 is 1.96 bits per heavy atom. The Kier molecular flexibility index (Phi) is 5.65. The zero-order valence-electron chi connectivity index (χ0n) is 13.8. The lowest BCUT2D eigenvalue weighted by atomic mass is 10.2. The Bertz CT molecular complexity index is 920. The molecule has 0 fully saturated rings. The molecule has 0 saturated carbocycles. The third-order valence-electron chi connectivity index (χ3n) is 3.28. The first kappa shape index (κ1) is 17.7. The van der Waals surface area contributed by atoms with E-state index in [1.54, 1.807) is 30.3 Å². The molecule has 0 atom stereocenters. The van der Waals surface area contributed by atoms with Gasteiger partial charge in [-0.3, -0.25) is 15.6 Å². The van der Waals surface area contributed by atoms with Crippen molar-refractivity contribution in [3.05, 3.63) is 70.8 Å². The molecule has 0 saturated heterocycles. The number of hydrazine groups is 1. The lowest BCUT2D eigenvalue weighted by Gasteiger charge is -2.12. The van der Waals surface area contributed by atoms with Crippen LogP contribution in [0.25, 0.3) is 0 Å². The number of ether oxygens (including phenoxy) is 2. The van der Waals surface area contributed by atoms with Crippen LogP contribution >= 0.6 is 15.9 Å². The molecular weight excluding hydrogens is 400 g/mol. The minimum atomic E-state index is -0.387. The van der Waals surface area contributed by atoms with Gasteiger partial charge in [0.2, 0.25) is 11.8 Å². The lowest BCUT2D eigenvalue weighted by Crippen LogP contribution is -2.30. The van der Waals surface area contributed by atoms with Crippen molar-refractivity contribution in [2.45, 2.75) is 0 Å². The molecule has 3 rings (SSSR count). The molecule has 0 aliphatic carbocycles. The van der Waals surface area contributed by atoms with Gasteiger partial charge < -0.3 is 9.47 Å². The Labute approximate surface area is 158 Å². The van der Waals surface area contributed by atoms with Gasteiger partial charge in [-0.2, -0.15) is 4.98 Å². The molecule has 0 unspecified atom stereocenters. The Hall–Kier alpha value is -3.13. The van der Waals surface area contributed by atoms with Crippen molar-refractivity contribution in [3.8, 4) is 17.4 Å². The first-order valence-electron chi connectivity index (χ1n) is 7.61. The van der Waals surface area contributed by atoms with Crippen molar-refractivity contribution in [1.29, 1.82) is 0 Å². The number of hydrogen-bond acceptors (Lipinski definition) is 6. The number of methoxy groups -OCH3 is 1. The van der Waals surface area contributed by atoms with Crippen LogP contribution in [0.4, 0.5) is 5.95 Å². The largest absolute Gasteiger partial charge is 0.481 e. The van der Waals surface area contributed by atoms with E-state index in [1.807, 2.05) is 24.3 Å². The first-order valence-corrected chi connectivity index (χ1v) is 8.41. The summed E-state index contributed by atoms with van der Waals surface area (Å²) < 4.78 is 11.7. The van der Waals surface area contributed by atoms with Crippen molar-refractivity contribution in [2.24, 2.45) is 0 Å². The highest BCUT2D eigenvalue weighted by molar-refractivity contribution is 9.10. The fraction of sp³-hybridized carbons (Fsp3) is 0.0556. The Balaban J connectivity index is 1.73. The second-order valence-corrected chi connectivity index (χ2v) is 5.97. The molecule has 26 heavy (non-hydrogen) atoms. The monoisotopic (exact) mass is 414 g/mol. The van der Waals surface area contributed by atoms with E-state index in [2.05, 4.69) is 36.7 Å². The molecule has 2 N–H and O–H groups in total. The van der Waals surface area contributed by atoms with Crippen LogP contribution in [0.5, 0.6) is 17.4 Å². The summed E-state index contributed by atoms with van der Waals surface area (Å²) in [7, 11) is 1.50. The van der Waals surface area contributed by atoms with Crippen LogP contribution in [0.1, 0.15) is 10.4 Å². The summed E-state index contributed by atoms with van der Waals surface area (Å²) in [4.78, 5) is 20.6. The fourth-order valence-electron chi connectivity index (χ4n) is 2.10. The molecule has 132 valence electrons. The zero-order chi connectivity index (χ0) is 18.4. The normalized spacial score (nSPS) is 10.1. The third kappa shape index (κ3) is 4.48. The molecule has 1 heterocycles. The molecule has 7 nitrogen and oxygen atoms in total. The van der Waals surface area contributed by atoms with Gasteiger partial charge in [0.05, 0.1) is 12.7 Å². The zero-order valence-corrected chi connectivity index (χ0v) is 15.4. The summed E-state index contributed by atoms with van der Waals surface area (Å²) in [5, 5.41) is 0. The number of amides is 1. The van der Waals surface area contributed by atoms with Crippen molar-refractivity contribution >= 4 is 27.8 Å². The van der Waals surface area contributed by atoms with Gasteiger partial charge >= 0.3 is 0 Å². The predicted molar refractivity (Wildman–Crippen MR) is 100 cm³/mol.